The number of nitrogens with zero attached hydrogens (tertiary/aromatic N) is 1. The summed E-state index contributed by atoms with van der Waals surface area (Å²) in [5.41, 5.74) is 1.94. The average molecular weight is 431 g/mol. The number of amides is 2. The fourth-order valence-electron chi connectivity index (χ4n) is 2.17. The van der Waals surface area contributed by atoms with E-state index in [0.717, 1.165) is 33.1 Å². The molecule has 132 valence electrons. The molecule has 0 fully saturated rings. The molecule has 2 amide bonds. The minimum atomic E-state index is -0.352. The molecule has 26 heavy (non-hydrogen) atoms. The number of ether oxygens (including phenoxy) is 1. The van der Waals surface area contributed by atoms with Gasteiger partial charge in [0.25, 0.3) is 5.91 Å². The summed E-state index contributed by atoms with van der Waals surface area (Å²) in [6, 6.07) is 15.4. The number of aliphatic imine (C=N–C) groups is 1. The molecule has 0 spiro atoms. The van der Waals surface area contributed by atoms with Crippen molar-refractivity contribution in [1.82, 2.24) is 5.32 Å². The first-order valence-corrected chi connectivity index (χ1v) is 9.38. The molecule has 5 nitrogen and oxygen atoms in total. The number of rotatable bonds is 4. The topological polar surface area (TPSA) is 67.8 Å². The minimum absolute atomic E-state index is 0.252. The molecule has 0 aromatic heterocycles. The second-order valence-electron chi connectivity index (χ2n) is 5.50. The van der Waals surface area contributed by atoms with Crippen molar-refractivity contribution in [2.75, 3.05) is 0 Å². The van der Waals surface area contributed by atoms with Crippen molar-refractivity contribution in [1.29, 1.82) is 0 Å². The Balaban J connectivity index is 1.60. The van der Waals surface area contributed by atoms with E-state index in [1.165, 1.54) is 6.92 Å². The summed E-state index contributed by atoms with van der Waals surface area (Å²) >= 11 is 4.55. The smallest absolute Gasteiger partial charge is 0.286 e. The van der Waals surface area contributed by atoms with Crippen LogP contribution in [-0.4, -0.2) is 17.0 Å². The number of carbonyl (C=O) groups is 2. The van der Waals surface area contributed by atoms with E-state index in [1.807, 2.05) is 48.5 Å². The Labute approximate surface area is 163 Å². The first kappa shape index (κ1) is 18.4. The van der Waals surface area contributed by atoms with Gasteiger partial charge in [-0.3, -0.25) is 9.59 Å². The van der Waals surface area contributed by atoms with E-state index >= 15 is 0 Å². The molecular weight excluding hydrogens is 416 g/mol. The third-order valence-corrected chi connectivity index (χ3v) is 4.83. The van der Waals surface area contributed by atoms with Gasteiger partial charge in [0, 0.05) is 11.4 Å². The molecule has 1 heterocycles. The van der Waals surface area contributed by atoms with Crippen LogP contribution in [0.2, 0.25) is 0 Å². The number of benzene rings is 2. The predicted octanol–water partition coefficient (Wildman–Crippen LogP) is 4.13. The highest BCUT2D eigenvalue weighted by Gasteiger charge is 2.22. The van der Waals surface area contributed by atoms with Crippen LogP contribution in [0.15, 0.2) is 62.9 Å². The van der Waals surface area contributed by atoms with Crippen LogP contribution in [0.1, 0.15) is 18.1 Å². The molecule has 7 heteroatoms. The van der Waals surface area contributed by atoms with E-state index < -0.39 is 0 Å². The summed E-state index contributed by atoms with van der Waals surface area (Å²) < 4.78 is 6.79. The van der Waals surface area contributed by atoms with Gasteiger partial charge >= 0.3 is 0 Å². The van der Waals surface area contributed by atoms with Gasteiger partial charge < -0.3 is 10.1 Å². The first-order chi connectivity index (χ1) is 12.5. The largest absolute Gasteiger partial charge is 0.489 e. The quantitative estimate of drug-likeness (QED) is 0.740. The van der Waals surface area contributed by atoms with E-state index in [4.69, 9.17) is 4.74 Å². The predicted molar refractivity (Wildman–Crippen MR) is 107 cm³/mol. The summed E-state index contributed by atoms with van der Waals surface area (Å²) in [5.74, 6) is 0.141. The average Bonchev–Trinajstić information content (AvgIpc) is 2.94. The van der Waals surface area contributed by atoms with Gasteiger partial charge in [0.1, 0.15) is 12.4 Å². The maximum absolute atomic E-state index is 11.9. The Bertz CT molecular complexity index is 890. The SMILES string of the molecule is CC(=O)NC1=NC(=O)/C(=C\c2ccc(OCc3ccc(Br)cc3)cc2)S1. The van der Waals surface area contributed by atoms with Crippen LogP contribution in [0, 0.1) is 0 Å². The Morgan fingerprint density at radius 2 is 1.88 bits per heavy atom. The lowest BCUT2D eigenvalue weighted by molar-refractivity contribution is -0.117. The Kier molecular flexibility index (Phi) is 5.90. The maximum Gasteiger partial charge on any atom is 0.286 e. The number of thioether (sulfide) groups is 1. The van der Waals surface area contributed by atoms with Crippen molar-refractivity contribution in [2.24, 2.45) is 4.99 Å². The van der Waals surface area contributed by atoms with Gasteiger partial charge in [0.2, 0.25) is 5.91 Å². The van der Waals surface area contributed by atoms with Gasteiger partial charge in [-0.05, 0) is 53.2 Å². The van der Waals surface area contributed by atoms with Crippen LogP contribution in [0.25, 0.3) is 6.08 Å². The zero-order chi connectivity index (χ0) is 18.5. The normalized spacial score (nSPS) is 15.1. The van der Waals surface area contributed by atoms with E-state index in [-0.39, 0.29) is 11.8 Å². The molecule has 3 rings (SSSR count). The van der Waals surface area contributed by atoms with Gasteiger partial charge in [0.15, 0.2) is 5.17 Å². The highest BCUT2D eigenvalue weighted by molar-refractivity contribution is 9.10. The molecule has 0 saturated carbocycles. The van der Waals surface area contributed by atoms with Crippen LogP contribution < -0.4 is 10.1 Å². The molecule has 2 aromatic rings. The van der Waals surface area contributed by atoms with Crippen molar-refractivity contribution in [2.45, 2.75) is 13.5 Å². The van der Waals surface area contributed by atoms with Gasteiger partial charge in [-0.1, -0.05) is 40.2 Å². The molecule has 0 bridgehead atoms. The fourth-order valence-corrected chi connectivity index (χ4v) is 3.30. The van der Waals surface area contributed by atoms with Crippen molar-refractivity contribution < 1.29 is 14.3 Å². The molecule has 0 saturated heterocycles. The number of nitrogens with one attached hydrogen (secondary N) is 1. The maximum atomic E-state index is 11.9. The van der Waals surface area contributed by atoms with Gasteiger partial charge in [-0.25, -0.2) is 0 Å². The minimum Gasteiger partial charge on any atom is -0.489 e. The molecule has 0 atom stereocenters. The highest BCUT2D eigenvalue weighted by Crippen LogP contribution is 2.28. The van der Waals surface area contributed by atoms with Crippen molar-refractivity contribution in [3.05, 3.63) is 69.0 Å². The van der Waals surface area contributed by atoms with Crippen molar-refractivity contribution in [3.63, 3.8) is 0 Å². The fraction of sp³-hybridized carbons (Fsp3) is 0.105. The highest BCUT2D eigenvalue weighted by atomic mass is 79.9. The third kappa shape index (κ3) is 5.06. The molecule has 1 aliphatic heterocycles. The second kappa shape index (κ2) is 8.33. The number of halogens is 1. The first-order valence-electron chi connectivity index (χ1n) is 7.77. The number of hydrogen-bond acceptors (Lipinski definition) is 4. The Morgan fingerprint density at radius 1 is 1.19 bits per heavy atom. The molecule has 1 N–H and O–H groups in total. The number of hydrogen-bond donors (Lipinski definition) is 1. The summed E-state index contributed by atoms with van der Waals surface area (Å²) in [4.78, 5) is 27.2. The summed E-state index contributed by atoms with van der Waals surface area (Å²) in [6.07, 6.45) is 1.74. The molecular formula is C19H15BrN2O3S. The molecule has 0 unspecified atom stereocenters. The van der Waals surface area contributed by atoms with Crippen LogP contribution in [0.3, 0.4) is 0 Å². The number of amidine groups is 1. The van der Waals surface area contributed by atoms with Gasteiger partial charge in [0.05, 0.1) is 4.91 Å². The van der Waals surface area contributed by atoms with E-state index in [9.17, 15) is 9.59 Å². The summed E-state index contributed by atoms with van der Waals surface area (Å²) in [6.45, 7) is 1.86. The number of carbonyl (C=O) groups excluding carboxylic acids is 2. The van der Waals surface area contributed by atoms with Crippen LogP contribution >= 0.6 is 27.7 Å². The molecule has 2 aromatic carbocycles. The molecule has 1 aliphatic rings. The van der Waals surface area contributed by atoms with Crippen molar-refractivity contribution >= 4 is 50.7 Å². The zero-order valence-corrected chi connectivity index (χ0v) is 16.3. The lowest BCUT2D eigenvalue weighted by Crippen LogP contribution is -2.23. The lowest BCUT2D eigenvalue weighted by atomic mass is 10.2. The van der Waals surface area contributed by atoms with Gasteiger partial charge in [-0.2, -0.15) is 4.99 Å². The summed E-state index contributed by atoms with van der Waals surface area (Å²) in [5, 5.41) is 2.83. The Morgan fingerprint density at radius 3 is 2.54 bits per heavy atom. The lowest BCUT2D eigenvalue weighted by Gasteiger charge is -2.07. The van der Waals surface area contributed by atoms with E-state index in [1.54, 1.807) is 6.08 Å². The van der Waals surface area contributed by atoms with E-state index in [0.29, 0.717) is 16.7 Å². The second-order valence-corrected chi connectivity index (χ2v) is 7.44. The van der Waals surface area contributed by atoms with E-state index in [2.05, 4.69) is 26.2 Å². The monoisotopic (exact) mass is 430 g/mol. The molecule has 0 aliphatic carbocycles. The zero-order valence-electron chi connectivity index (χ0n) is 13.9. The van der Waals surface area contributed by atoms with Crippen LogP contribution in [-0.2, 0) is 16.2 Å². The van der Waals surface area contributed by atoms with Crippen LogP contribution in [0.4, 0.5) is 0 Å². The molecule has 0 radical (unpaired) electrons. The van der Waals surface area contributed by atoms with Crippen molar-refractivity contribution in [3.8, 4) is 5.75 Å². The third-order valence-electron chi connectivity index (χ3n) is 3.40. The standard InChI is InChI=1S/C19H15BrN2O3S/c1-12(23)21-19-22-18(24)17(26-19)10-13-4-8-16(9-5-13)25-11-14-2-6-15(20)7-3-14/h2-10H,11H2,1H3,(H,21,22,23,24)/b17-10+. The Hall–Kier alpha value is -2.38. The van der Waals surface area contributed by atoms with Gasteiger partial charge in [-0.15, -0.1) is 0 Å². The van der Waals surface area contributed by atoms with Crippen LogP contribution in [0.5, 0.6) is 5.75 Å². The summed E-state index contributed by atoms with van der Waals surface area (Å²) in [7, 11) is 0.